The number of hydrogen-bond acceptors (Lipinski definition) is 5. The quantitative estimate of drug-likeness (QED) is 0.511. The molecule has 2 aliphatic rings. The summed E-state index contributed by atoms with van der Waals surface area (Å²) in [5.41, 5.74) is 1.34. The van der Waals surface area contributed by atoms with Crippen LogP contribution in [0.25, 0.3) is 0 Å². The van der Waals surface area contributed by atoms with Gasteiger partial charge in [0.05, 0.1) is 30.9 Å². The van der Waals surface area contributed by atoms with Crippen LogP contribution in [0.1, 0.15) is 60.9 Å². The first-order chi connectivity index (χ1) is 16.0. The highest BCUT2D eigenvalue weighted by atomic mass is 16.5. The molecule has 1 aliphatic carbocycles. The Bertz CT molecular complexity index is 1060. The number of rotatable bonds is 5. The van der Waals surface area contributed by atoms with E-state index in [9.17, 15) is 14.4 Å². The van der Waals surface area contributed by atoms with E-state index in [-0.39, 0.29) is 24.3 Å². The van der Waals surface area contributed by atoms with Crippen LogP contribution in [0.15, 0.2) is 48.5 Å². The first-order valence-corrected chi connectivity index (χ1v) is 11.4. The van der Waals surface area contributed by atoms with Crippen molar-refractivity contribution in [1.29, 1.82) is 5.26 Å². The number of carbonyl (C=O) groups excluding carboxylic acids is 3. The lowest BCUT2D eigenvalue weighted by atomic mass is 10.0. The third-order valence-electron chi connectivity index (χ3n) is 6.50. The first-order valence-electron chi connectivity index (χ1n) is 11.4. The molecule has 1 saturated heterocycles. The first kappa shape index (κ1) is 22.5. The van der Waals surface area contributed by atoms with E-state index in [1.807, 2.05) is 6.07 Å². The van der Waals surface area contributed by atoms with Crippen molar-refractivity contribution in [3.05, 3.63) is 59.7 Å². The maximum absolute atomic E-state index is 13.7. The molecule has 0 N–H and O–H groups in total. The molecule has 2 aromatic rings. The summed E-state index contributed by atoms with van der Waals surface area (Å²) in [4.78, 5) is 42.9. The van der Waals surface area contributed by atoms with Crippen LogP contribution in [-0.2, 0) is 9.59 Å². The van der Waals surface area contributed by atoms with Crippen molar-refractivity contribution in [2.75, 3.05) is 12.0 Å². The number of benzene rings is 2. The molecular weight excluding hydrogens is 418 g/mol. The highest BCUT2D eigenvalue weighted by Crippen LogP contribution is 2.32. The molecule has 7 nitrogen and oxygen atoms in total. The standard InChI is InChI=1S/C26H27N3O4/c1-33-22-14-10-19(11-15-22)25(31)28(20-6-4-2-3-5-7-20)23-16-24(30)29(26(23)32)21-12-8-18(17-27)9-13-21/h8-15,20,23H,2-7,16H2,1H3. The summed E-state index contributed by atoms with van der Waals surface area (Å²) in [6.45, 7) is 0. The number of carbonyl (C=O) groups is 3. The molecule has 0 radical (unpaired) electrons. The van der Waals surface area contributed by atoms with Gasteiger partial charge in [0.2, 0.25) is 5.91 Å². The van der Waals surface area contributed by atoms with Gasteiger partial charge in [0.25, 0.3) is 11.8 Å². The van der Waals surface area contributed by atoms with Gasteiger partial charge in [-0.3, -0.25) is 14.4 Å². The number of anilines is 1. The second-order valence-corrected chi connectivity index (χ2v) is 8.53. The van der Waals surface area contributed by atoms with Crippen LogP contribution in [0.3, 0.4) is 0 Å². The largest absolute Gasteiger partial charge is 0.497 e. The van der Waals surface area contributed by atoms with Crippen LogP contribution in [-0.4, -0.2) is 41.8 Å². The highest BCUT2D eigenvalue weighted by molar-refractivity contribution is 6.23. The van der Waals surface area contributed by atoms with E-state index >= 15 is 0 Å². The molecule has 0 bridgehead atoms. The lowest BCUT2D eigenvalue weighted by molar-refractivity contribution is -0.123. The van der Waals surface area contributed by atoms with Crippen molar-refractivity contribution >= 4 is 23.4 Å². The Morgan fingerprint density at radius 3 is 2.21 bits per heavy atom. The maximum atomic E-state index is 13.7. The zero-order chi connectivity index (χ0) is 23.4. The summed E-state index contributed by atoms with van der Waals surface area (Å²) in [7, 11) is 1.56. The van der Waals surface area contributed by atoms with Crippen LogP contribution in [0, 0.1) is 11.3 Å². The van der Waals surface area contributed by atoms with Crippen LogP contribution in [0.5, 0.6) is 5.75 Å². The van der Waals surface area contributed by atoms with Gasteiger partial charge in [-0.2, -0.15) is 5.26 Å². The lowest BCUT2D eigenvalue weighted by Gasteiger charge is -2.35. The Balaban J connectivity index is 1.67. The molecule has 4 rings (SSSR count). The number of imide groups is 1. The predicted octanol–water partition coefficient (Wildman–Crippen LogP) is 4.06. The molecule has 7 heteroatoms. The Kier molecular flexibility index (Phi) is 6.74. The van der Waals surface area contributed by atoms with Crippen LogP contribution in [0.4, 0.5) is 5.69 Å². The van der Waals surface area contributed by atoms with Gasteiger partial charge in [0.15, 0.2) is 0 Å². The van der Waals surface area contributed by atoms with Gasteiger partial charge in [0.1, 0.15) is 11.8 Å². The molecule has 1 unspecified atom stereocenters. The monoisotopic (exact) mass is 445 g/mol. The minimum Gasteiger partial charge on any atom is -0.497 e. The summed E-state index contributed by atoms with van der Waals surface area (Å²) in [5, 5.41) is 9.03. The van der Waals surface area contributed by atoms with Gasteiger partial charge in [0, 0.05) is 11.6 Å². The molecule has 1 atom stereocenters. The van der Waals surface area contributed by atoms with Gasteiger partial charge in [-0.25, -0.2) is 4.90 Å². The van der Waals surface area contributed by atoms with E-state index in [0.717, 1.165) is 43.4 Å². The fraction of sp³-hybridized carbons (Fsp3) is 0.385. The summed E-state index contributed by atoms with van der Waals surface area (Å²) in [5.74, 6) is -0.323. The minimum atomic E-state index is -0.842. The van der Waals surface area contributed by atoms with E-state index in [2.05, 4.69) is 0 Å². The van der Waals surface area contributed by atoms with Crippen LogP contribution < -0.4 is 9.64 Å². The van der Waals surface area contributed by atoms with E-state index in [1.165, 1.54) is 0 Å². The highest BCUT2D eigenvalue weighted by Gasteiger charge is 2.46. The molecule has 33 heavy (non-hydrogen) atoms. The molecule has 1 aliphatic heterocycles. The summed E-state index contributed by atoms with van der Waals surface area (Å²) in [6.07, 6.45) is 5.78. The SMILES string of the molecule is COc1ccc(C(=O)N(C2CCCCCC2)C2CC(=O)N(c3ccc(C#N)cc3)C2=O)cc1. The molecule has 0 spiro atoms. The number of nitrogens with zero attached hydrogens (tertiary/aromatic N) is 3. The fourth-order valence-corrected chi connectivity index (χ4v) is 4.77. The van der Waals surface area contributed by atoms with Gasteiger partial charge in [-0.1, -0.05) is 25.7 Å². The smallest absolute Gasteiger partial charge is 0.257 e. The fourth-order valence-electron chi connectivity index (χ4n) is 4.77. The summed E-state index contributed by atoms with van der Waals surface area (Å²) < 4.78 is 5.20. The predicted molar refractivity (Wildman–Crippen MR) is 123 cm³/mol. The molecular formula is C26H27N3O4. The van der Waals surface area contributed by atoms with Crippen molar-refractivity contribution in [3.63, 3.8) is 0 Å². The van der Waals surface area contributed by atoms with Crippen LogP contribution in [0.2, 0.25) is 0 Å². The third kappa shape index (κ3) is 4.61. The molecule has 3 amide bonds. The molecule has 1 heterocycles. The Hall–Kier alpha value is -3.66. The molecule has 2 fully saturated rings. The molecule has 1 saturated carbocycles. The van der Waals surface area contributed by atoms with Crippen molar-refractivity contribution < 1.29 is 19.1 Å². The minimum absolute atomic E-state index is 0.0444. The lowest BCUT2D eigenvalue weighted by Crippen LogP contribution is -2.50. The Morgan fingerprint density at radius 2 is 1.64 bits per heavy atom. The topological polar surface area (TPSA) is 90.7 Å². The molecule has 0 aromatic heterocycles. The van der Waals surface area contributed by atoms with Gasteiger partial charge in [-0.15, -0.1) is 0 Å². The average molecular weight is 446 g/mol. The van der Waals surface area contributed by atoms with E-state index in [1.54, 1.807) is 60.5 Å². The van der Waals surface area contributed by atoms with Crippen molar-refractivity contribution in [2.24, 2.45) is 0 Å². The van der Waals surface area contributed by atoms with Crippen molar-refractivity contribution in [3.8, 4) is 11.8 Å². The number of hydrogen-bond donors (Lipinski definition) is 0. The number of methoxy groups -OCH3 is 1. The van der Waals surface area contributed by atoms with E-state index < -0.39 is 11.9 Å². The van der Waals surface area contributed by atoms with Gasteiger partial charge >= 0.3 is 0 Å². The Labute approximate surface area is 193 Å². The normalized spacial score (nSPS) is 19.2. The number of amides is 3. The summed E-state index contributed by atoms with van der Waals surface area (Å²) >= 11 is 0. The molecule has 170 valence electrons. The van der Waals surface area contributed by atoms with E-state index in [4.69, 9.17) is 10.00 Å². The average Bonchev–Trinajstić information content (AvgIpc) is 3.01. The zero-order valence-electron chi connectivity index (χ0n) is 18.7. The summed E-state index contributed by atoms with van der Waals surface area (Å²) in [6, 6.07) is 14.3. The second-order valence-electron chi connectivity index (χ2n) is 8.53. The second kappa shape index (κ2) is 9.86. The molecule has 2 aromatic carbocycles. The third-order valence-corrected chi connectivity index (χ3v) is 6.50. The van der Waals surface area contributed by atoms with Crippen LogP contribution >= 0.6 is 0 Å². The zero-order valence-corrected chi connectivity index (χ0v) is 18.7. The number of ether oxygens (including phenoxy) is 1. The van der Waals surface area contributed by atoms with E-state index in [0.29, 0.717) is 22.6 Å². The van der Waals surface area contributed by atoms with Crippen molar-refractivity contribution in [2.45, 2.75) is 57.0 Å². The van der Waals surface area contributed by atoms with Gasteiger partial charge < -0.3 is 9.64 Å². The Morgan fingerprint density at radius 1 is 1.00 bits per heavy atom. The maximum Gasteiger partial charge on any atom is 0.257 e. The number of nitriles is 1. The van der Waals surface area contributed by atoms with Gasteiger partial charge in [-0.05, 0) is 61.4 Å². The van der Waals surface area contributed by atoms with Crippen molar-refractivity contribution in [1.82, 2.24) is 4.90 Å².